The van der Waals surface area contributed by atoms with E-state index in [4.69, 9.17) is 9.47 Å². The van der Waals surface area contributed by atoms with E-state index in [0.717, 1.165) is 30.1 Å². The first-order valence-electron chi connectivity index (χ1n) is 14.2. The third-order valence-electron chi connectivity index (χ3n) is 5.18. The van der Waals surface area contributed by atoms with Gasteiger partial charge in [0.1, 0.15) is 17.2 Å². The zero-order chi connectivity index (χ0) is 28.8. The summed E-state index contributed by atoms with van der Waals surface area (Å²) < 4.78 is 11.2. The Labute approximate surface area is 233 Å². The molecule has 0 unspecified atom stereocenters. The van der Waals surface area contributed by atoms with Crippen molar-refractivity contribution >= 4 is 0 Å². The lowest BCUT2D eigenvalue weighted by atomic mass is 10.0. The van der Waals surface area contributed by atoms with Crippen molar-refractivity contribution in [3.05, 3.63) is 125 Å². The molecule has 0 bridgehead atoms. The molecule has 0 aliphatic carbocycles. The van der Waals surface area contributed by atoms with Gasteiger partial charge in [-0.15, -0.1) is 0 Å². The minimum atomic E-state index is 0.847. The molecule has 0 aliphatic heterocycles. The van der Waals surface area contributed by atoms with E-state index in [1.54, 1.807) is 7.11 Å². The Hall–Kier alpha value is -3.52. The van der Waals surface area contributed by atoms with E-state index in [2.05, 4.69) is 67.6 Å². The molecule has 2 nitrogen and oxygen atoms in total. The number of methoxy groups -OCH3 is 1. The molecule has 206 valence electrons. The molecule has 0 heterocycles. The van der Waals surface area contributed by atoms with Crippen LogP contribution in [0.15, 0.2) is 97.1 Å². The fraction of sp³-hybridized carbons (Fsp3) is 0.333. The van der Waals surface area contributed by atoms with Gasteiger partial charge in [0.05, 0.1) is 7.11 Å². The molecule has 0 spiro atoms. The fourth-order valence-corrected chi connectivity index (χ4v) is 3.41. The summed E-state index contributed by atoms with van der Waals surface area (Å²) in [5, 5.41) is 0. The summed E-state index contributed by atoms with van der Waals surface area (Å²) in [4.78, 5) is 0. The van der Waals surface area contributed by atoms with Gasteiger partial charge in [0.15, 0.2) is 0 Å². The van der Waals surface area contributed by atoms with Gasteiger partial charge < -0.3 is 9.47 Å². The van der Waals surface area contributed by atoms with Crippen LogP contribution < -0.4 is 9.47 Å². The highest BCUT2D eigenvalue weighted by atomic mass is 16.5. The van der Waals surface area contributed by atoms with Crippen molar-refractivity contribution in [3.63, 3.8) is 0 Å². The van der Waals surface area contributed by atoms with Gasteiger partial charge in [0, 0.05) is 0 Å². The first kappa shape index (κ1) is 34.5. The minimum absolute atomic E-state index is 0.847. The molecule has 0 aliphatic rings. The molecule has 4 aromatic carbocycles. The van der Waals surface area contributed by atoms with E-state index in [1.807, 2.05) is 91.8 Å². The van der Waals surface area contributed by atoms with E-state index in [1.165, 1.54) is 27.8 Å². The third kappa shape index (κ3) is 12.6. The van der Waals surface area contributed by atoms with Gasteiger partial charge in [-0.25, -0.2) is 0 Å². The maximum Gasteiger partial charge on any atom is 0.127 e. The molecule has 4 aromatic rings. The Morgan fingerprint density at radius 1 is 0.395 bits per heavy atom. The van der Waals surface area contributed by atoms with Crippen LogP contribution >= 0.6 is 0 Å². The first-order valence-corrected chi connectivity index (χ1v) is 14.2. The van der Waals surface area contributed by atoms with Crippen molar-refractivity contribution in [2.75, 3.05) is 7.11 Å². The van der Waals surface area contributed by atoms with Crippen molar-refractivity contribution in [2.45, 2.75) is 75.2 Å². The summed E-state index contributed by atoms with van der Waals surface area (Å²) >= 11 is 0. The van der Waals surface area contributed by atoms with Crippen molar-refractivity contribution in [1.29, 1.82) is 0 Å². The SMILES string of the molecule is CC.CC.CC.CC.COc1ccc(Cc2ccc(Oc3ccc(Cc4ccc(C)cc4)cc3)cc2)cc1. The molecule has 0 fully saturated rings. The van der Waals surface area contributed by atoms with Crippen LogP contribution in [0, 0.1) is 6.92 Å². The predicted molar refractivity (Wildman–Crippen MR) is 168 cm³/mol. The van der Waals surface area contributed by atoms with Crippen molar-refractivity contribution in [2.24, 2.45) is 0 Å². The molecular formula is C36H50O2. The average molecular weight is 515 g/mol. The first-order chi connectivity index (χ1) is 18.7. The topological polar surface area (TPSA) is 18.5 Å². The Balaban J connectivity index is 0.00000157. The second-order valence-corrected chi connectivity index (χ2v) is 7.58. The van der Waals surface area contributed by atoms with Crippen LogP contribution in [0.1, 0.15) is 83.2 Å². The maximum absolute atomic E-state index is 6.02. The van der Waals surface area contributed by atoms with Crippen LogP contribution in [0.2, 0.25) is 0 Å². The summed E-state index contributed by atoms with van der Waals surface area (Å²) in [6.45, 7) is 18.1. The van der Waals surface area contributed by atoms with Crippen molar-refractivity contribution in [1.82, 2.24) is 0 Å². The molecule has 38 heavy (non-hydrogen) atoms. The van der Waals surface area contributed by atoms with Gasteiger partial charge >= 0.3 is 0 Å². The Morgan fingerprint density at radius 2 is 0.658 bits per heavy atom. The molecular weight excluding hydrogens is 464 g/mol. The van der Waals surface area contributed by atoms with Crippen LogP contribution in [0.25, 0.3) is 0 Å². The van der Waals surface area contributed by atoms with Crippen LogP contribution in [-0.2, 0) is 12.8 Å². The molecule has 2 heteroatoms. The minimum Gasteiger partial charge on any atom is -0.497 e. The Kier molecular flexibility index (Phi) is 19.6. The van der Waals surface area contributed by atoms with Crippen LogP contribution in [0.3, 0.4) is 0 Å². The predicted octanol–water partition coefficient (Wildman–Crippen LogP) is 11.1. The normalized spacial score (nSPS) is 9.00. The smallest absolute Gasteiger partial charge is 0.127 e. The number of benzene rings is 4. The fourth-order valence-electron chi connectivity index (χ4n) is 3.41. The third-order valence-corrected chi connectivity index (χ3v) is 5.18. The highest BCUT2D eigenvalue weighted by Gasteiger charge is 2.02. The number of hydrogen-bond acceptors (Lipinski definition) is 2. The van der Waals surface area contributed by atoms with E-state index >= 15 is 0 Å². The summed E-state index contributed by atoms with van der Waals surface area (Å²) in [6.07, 6.45) is 1.82. The van der Waals surface area contributed by atoms with Gasteiger partial charge in [0.2, 0.25) is 0 Å². The lowest BCUT2D eigenvalue weighted by Crippen LogP contribution is -1.91. The number of hydrogen-bond donors (Lipinski definition) is 0. The summed E-state index contributed by atoms with van der Waals surface area (Å²) in [7, 11) is 1.69. The molecule has 0 atom stereocenters. The van der Waals surface area contributed by atoms with Gasteiger partial charge in [-0.2, -0.15) is 0 Å². The number of aryl methyl sites for hydroxylation is 1. The molecule has 0 amide bonds. The maximum atomic E-state index is 6.02. The molecule has 0 aromatic heterocycles. The van der Waals surface area contributed by atoms with E-state index in [0.29, 0.717) is 0 Å². The van der Waals surface area contributed by atoms with E-state index in [9.17, 15) is 0 Å². The monoisotopic (exact) mass is 514 g/mol. The number of ether oxygens (including phenoxy) is 2. The standard InChI is InChI=1S/C28H26O2.4C2H6/c1-21-3-5-22(6-4-21)19-24-9-15-27(16-10-24)30-28-17-11-25(12-18-28)20-23-7-13-26(29-2)14-8-23;4*1-2/h3-18H,19-20H2,1-2H3;4*1-2H3. The zero-order valence-corrected chi connectivity index (χ0v) is 25.5. The van der Waals surface area contributed by atoms with Gasteiger partial charge in [-0.05, 0) is 78.4 Å². The van der Waals surface area contributed by atoms with E-state index in [-0.39, 0.29) is 0 Å². The molecule has 0 N–H and O–H groups in total. The lowest BCUT2D eigenvalue weighted by Gasteiger charge is -2.09. The molecule has 0 saturated heterocycles. The van der Waals surface area contributed by atoms with Crippen LogP contribution in [0.5, 0.6) is 17.2 Å². The highest BCUT2D eigenvalue weighted by Crippen LogP contribution is 2.24. The summed E-state index contributed by atoms with van der Waals surface area (Å²) in [6, 6.07) is 33.5. The number of rotatable bonds is 7. The van der Waals surface area contributed by atoms with Gasteiger partial charge in [-0.3, -0.25) is 0 Å². The summed E-state index contributed by atoms with van der Waals surface area (Å²) in [5.74, 6) is 2.58. The largest absolute Gasteiger partial charge is 0.497 e. The lowest BCUT2D eigenvalue weighted by molar-refractivity contribution is 0.414. The Bertz CT molecular complexity index is 1060. The second kappa shape index (κ2) is 21.6. The summed E-state index contributed by atoms with van der Waals surface area (Å²) in [5.41, 5.74) is 6.40. The zero-order valence-electron chi connectivity index (χ0n) is 25.5. The van der Waals surface area contributed by atoms with Crippen LogP contribution in [-0.4, -0.2) is 7.11 Å². The Morgan fingerprint density at radius 3 is 0.947 bits per heavy atom. The quantitative estimate of drug-likeness (QED) is 0.244. The van der Waals surface area contributed by atoms with Crippen LogP contribution in [0.4, 0.5) is 0 Å². The molecule has 4 rings (SSSR count). The van der Waals surface area contributed by atoms with Crippen molar-refractivity contribution in [3.8, 4) is 17.2 Å². The molecule has 0 radical (unpaired) electrons. The second-order valence-electron chi connectivity index (χ2n) is 7.58. The molecule has 0 saturated carbocycles. The van der Waals surface area contributed by atoms with Gasteiger partial charge in [-0.1, -0.05) is 122 Å². The van der Waals surface area contributed by atoms with Crippen molar-refractivity contribution < 1.29 is 9.47 Å². The average Bonchev–Trinajstić information content (AvgIpc) is 3.01. The van der Waals surface area contributed by atoms with Gasteiger partial charge in [0.25, 0.3) is 0 Å². The highest BCUT2D eigenvalue weighted by molar-refractivity contribution is 5.38. The van der Waals surface area contributed by atoms with E-state index < -0.39 is 0 Å².